The lowest BCUT2D eigenvalue weighted by atomic mass is 9.94. The second-order valence-electron chi connectivity index (χ2n) is 12.7. The van der Waals surface area contributed by atoms with Crippen molar-refractivity contribution in [2.24, 2.45) is 10.2 Å². The van der Waals surface area contributed by atoms with Gasteiger partial charge in [-0.05, 0) is 27.8 Å². The van der Waals surface area contributed by atoms with Gasteiger partial charge in [0.15, 0.2) is 12.6 Å². The molecular weight excluding hydrogens is 716 g/mol. The van der Waals surface area contributed by atoms with Crippen LogP contribution in [0.3, 0.4) is 0 Å². The van der Waals surface area contributed by atoms with Gasteiger partial charge < -0.3 is 42.6 Å². The smallest absolute Gasteiger partial charge is 0.303 e. The van der Waals surface area contributed by atoms with Crippen LogP contribution >= 0.6 is 0 Å². The average Bonchev–Trinajstić information content (AvgIpc) is 3.19. The van der Waals surface area contributed by atoms with Gasteiger partial charge in [-0.2, -0.15) is 0 Å². The van der Waals surface area contributed by atoms with E-state index in [9.17, 15) is 20.7 Å². The van der Waals surface area contributed by atoms with Crippen molar-refractivity contribution in [1.82, 2.24) is 0 Å². The maximum atomic E-state index is 12.2. The first kappa shape index (κ1) is 41.1. The highest BCUT2D eigenvalue weighted by Gasteiger charge is 2.54. The predicted octanol–water partition coefficient (Wildman–Crippen LogP) is 5.71. The highest BCUT2D eigenvalue weighted by Crippen LogP contribution is 2.36. The molecule has 0 radical (unpaired) electrons. The molecule has 0 aromatic heterocycles. The summed E-state index contributed by atoms with van der Waals surface area (Å²) >= 11 is 0. The Kier molecular flexibility index (Phi) is 15.8. The minimum absolute atomic E-state index is 0.0261. The molecule has 0 amide bonds. The lowest BCUT2D eigenvalue weighted by Crippen LogP contribution is -2.65. The van der Waals surface area contributed by atoms with Crippen LogP contribution in [-0.4, -0.2) is 93.5 Å². The second kappa shape index (κ2) is 21.1. The molecule has 0 saturated carbocycles. The van der Waals surface area contributed by atoms with Crippen molar-refractivity contribution < 1.29 is 52.2 Å². The minimum Gasteiger partial charge on any atom is -0.463 e. The maximum Gasteiger partial charge on any atom is 0.303 e. The first-order valence-corrected chi connectivity index (χ1v) is 17.6. The number of esters is 2. The molecule has 3 aromatic carbocycles. The average molecular weight is 761 g/mol. The largest absolute Gasteiger partial charge is 0.463 e. The van der Waals surface area contributed by atoms with Crippen molar-refractivity contribution in [3.05, 3.63) is 129 Å². The molecule has 0 unspecified atom stereocenters. The van der Waals surface area contributed by atoms with Crippen LogP contribution in [0.1, 0.15) is 30.5 Å². The molecular formula is C38H44N6O11. The molecule has 0 aliphatic carbocycles. The molecule has 292 valence electrons. The van der Waals surface area contributed by atoms with Gasteiger partial charge in [0, 0.05) is 30.8 Å². The van der Waals surface area contributed by atoms with Crippen molar-refractivity contribution >= 4 is 11.9 Å². The number of ether oxygens (including phenoxy) is 9. The number of nitrogens with zero attached hydrogens (tertiary/aromatic N) is 6. The van der Waals surface area contributed by atoms with Gasteiger partial charge in [0.05, 0.1) is 32.5 Å². The zero-order chi connectivity index (χ0) is 39.0. The third kappa shape index (κ3) is 11.7. The van der Waals surface area contributed by atoms with Crippen molar-refractivity contribution in [2.45, 2.75) is 95.0 Å². The third-order valence-corrected chi connectivity index (χ3v) is 8.84. The summed E-state index contributed by atoms with van der Waals surface area (Å²) in [6.07, 6.45) is -8.81. The monoisotopic (exact) mass is 760 g/mol. The zero-order valence-corrected chi connectivity index (χ0v) is 30.6. The summed E-state index contributed by atoms with van der Waals surface area (Å²) in [6.45, 7) is 2.43. The molecule has 5 rings (SSSR count). The molecule has 2 fully saturated rings. The Morgan fingerprint density at radius 3 is 1.67 bits per heavy atom. The second-order valence-corrected chi connectivity index (χ2v) is 12.7. The van der Waals surface area contributed by atoms with Crippen molar-refractivity contribution in [1.29, 1.82) is 0 Å². The van der Waals surface area contributed by atoms with Crippen LogP contribution in [-0.2, 0) is 72.0 Å². The standard InChI is InChI=1S/C38H44N6O11/c1-24(45)49-23-30-33(52-25(2)46)31(41-43-39)32(42-44-40)37(53-30)55-34-29(22-48-19-26-13-7-4-8-14-26)54-38(47-3)36(51-21-28-17-11-6-12-18-28)35(34)50-20-27-15-9-5-10-16-27/h4-18,29-38H,19-23H2,1-3H3/t29-,30-,31-,32+,33-,34-,35+,36-,37-,38+/m1/s1. The highest BCUT2D eigenvalue weighted by atomic mass is 16.7. The molecule has 2 saturated heterocycles. The Balaban J connectivity index is 1.54. The first-order chi connectivity index (χ1) is 26.8. The van der Waals surface area contributed by atoms with E-state index >= 15 is 0 Å². The van der Waals surface area contributed by atoms with E-state index < -0.39 is 79.8 Å². The van der Waals surface area contributed by atoms with Gasteiger partial charge in [-0.25, -0.2) is 0 Å². The maximum absolute atomic E-state index is 12.2. The number of methoxy groups -OCH3 is 1. The van der Waals surface area contributed by atoms with Gasteiger partial charge in [-0.1, -0.05) is 101 Å². The molecule has 0 bridgehead atoms. The van der Waals surface area contributed by atoms with Crippen LogP contribution in [0.25, 0.3) is 20.9 Å². The molecule has 17 nitrogen and oxygen atoms in total. The van der Waals surface area contributed by atoms with Crippen LogP contribution in [0.4, 0.5) is 0 Å². The van der Waals surface area contributed by atoms with E-state index in [0.717, 1.165) is 23.6 Å². The van der Waals surface area contributed by atoms with Gasteiger partial charge in [0.25, 0.3) is 0 Å². The van der Waals surface area contributed by atoms with E-state index in [-0.39, 0.29) is 26.4 Å². The van der Waals surface area contributed by atoms with Crippen LogP contribution in [0.2, 0.25) is 0 Å². The predicted molar refractivity (Wildman–Crippen MR) is 193 cm³/mol. The fraction of sp³-hybridized carbons (Fsp3) is 0.474. The van der Waals surface area contributed by atoms with Gasteiger partial charge >= 0.3 is 11.9 Å². The molecule has 0 N–H and O–H groups in total. The van der Waals surface area contributed by atoms with Crippen molar-refractivity contribution in [3.8, 4) is 0 Å². The number of carbonyl (C=O) groups is 2. The topological polar surface area (TPSA) is 215 Å². The van der Waals surface area contributed by atoms with E-state index in [1.54, 1.807) is 0 Å². The third-order valence-electron chi connectivity index (χ3n) is 8.84. The molecule has 0 spiro atoms. The summed E-state index contributed by atoms with van der Waals surface area (Å²) in [5, 5.41) is 7.73. The molecule has 2 aliphatic rings. The number of rotatable bonds is 18. The fourth-order valence-electron chi connectivity index (χ4n) is 6.35. The van der Waals surface area contributed by atoms with Gasteiger partial charge in [-0.3, -0.25) is 9.59 Å². The number of hydrogen-bond donors (Lipinski definition) is 0. The van der Waals surface area contributed by atoms with Crippen molar-refractivity contribution in [3.63, 3.8) is 0 Å². The van der Waals surface area contributed by atoms with Gasteiger partial charge in [0.2, 0.25) is 0 Å². The van der Waals surface area contributed by atoms with Gasteiger partial charge in [-0.15, -0.1) is 0 Å². The Morgan fingerprint density at radius 2 is 1.15 bits per heavy atom. The zero-order valence-electron chi connectivity index (χ0n) is 30.6. The summed E-state index contributed by atoms with van der Waals surface area (Å²) in [4.78, 5) is 30.0. The minimum atomic E-state index is -1.49. The molecule has 3 aromatic rings. The Hall–Kier alpha value is -5.06. The summed E-state index contributed by atoms with van der Waals surface area (Å²) in [6, 6.07) is 25.8. The van der Waals surface area contributed by atoms with E-state index in [1.807, 2.05) is 91.0 Å². The highest BCUT2D eigenvalue weighted by molar-refractivity contribution is 5.66. The van der Waals surface area contributed by atoms with E-state index in [0.29, 0.717) is 0 Å². The van der Waals surface area contributed by atoms with E-state index in [1.165, 1.54) is 14.0 Å². The van der Waals surface area contributed by atoms with Crippen molar-refractivity contribution in [2.75, 3.05) is 20.3 Å². The number of azide groups is 2. The quantitative estimate of drug-likeness (QED) is 0.0663. The van der Waals surface area contributed by atoms with E-state index in [4.69, 9.17) is 42.6 Å². The van der Waals surface area contributed by atoms with Crippen LogP contribution in [0, 0.1) is 0 Å². The lowest BCUT2D eigenvalue weighted by Gasteiger charge is -2.49. The SMILES string of the molecule is CO[C@H]1O[C@H](COCc2ccccc2)[C@@H](O[C@H]2O[C@H](COC(C)=O)[C@@H](OC(C)=O)[C@H](N=[N+]=[N-])[C@@H]2N=[N+]=[N-])[C@H](OCc2ccccc2)[C@H]1OCc1ccccc1. The summed E-state index contributed by atoms with van der Waals surface area (Å²) < 4.78 is 55.4. The van der Waals surface area contributed by atoms with E-state index in [2.05, 4.69) is 20.1 Å². The molecule has 17 heteroatoms. The summed E-state index contributed by atoms with van der Waals surface area (Å²) in [5.41, 5.74) is 21.9. The Bertz CT molecular complexity index is 1750. The molecule has 10 atom stereocenters. The van der Waals surface area contributed by atoms with Crippen LogP contribution in [0.15, 0.2) is 101 Å². The Morgan fingerprint density at radius 1 is 0.636 bits per heavy atom. The first-order valence-electron chi connectivity index (χ1n) is 17.6. The number of carbonyl (C=O) groups excluding carboxylic acids is 2. The molecule has 55 heavy (non-hydrogen) atoms. The summed E-state index contributed by atoms with van der Waals surface area (Å²) in [5.74, 6) is -1.39. The van der Waals surface area contributed by atoms with Gasteiger partial charge in [0.1, 0.15) is 49.3 Å². The fourth-order valence-corrected chi connectivity index (χ4v) is 6.35. The molecule has 2 heterocycles. The lowest BCUT2D eigenvalue weighted by molar-refractivity contribution is -0.351. The summed E-state index contributed by atoms with van der Waals surface area (Å²) in [7, 11) is 1.49. The Labute approximate surface area is 317 Å². The normalized spacial score (nSPS) is 27.5. The molecule has 2 aliphatic heterocycles. The number of hydrogen-bond acceptors (Lipinski definition) is 13. The van der Waals surface area contributed by atoms with Crippen LogP contribution < -0.4 is 0 Å². The number of benzene rings is 3. The van der Waals surface area contributed by atoms with Crippen LogP contribution in [0.5, 0.6) is 0 Å².